The number of benzene rings is 7. The molecule has 1 aliphatic rings. The minimum atomic E-state index is 0.211. The lowest BCUT2D eigenvalue weighted by molar-refractivity contribution is 0.870. The summed E-state index contributed by atoms with van der Waals surface area (Å²) in [4.78, 5) is 0. The van der Waals surface area contributed by atoms with Crippen molar-refractivity contribution >= 4 is 49.9 Å². The first kappa shape index (κ1) is 36.0. The molecule has 0 amide bonds. The van der Waals surface area contributed by atoms with E-state index in [1.807, 2.05) is 42.6 Å². The van der Waals surface area contributed by atoms with Crippen LogP contribution in [-0.4, -0.2) is 4.57 Å². The van der Waals surface area contributed by atoms with Crippen LogP contribution in [0.4, 0.5) is 5.69 Å². The number of allylic oxidation sites excluding steroid dienone is 8. The monoisotopic (exact) mass is 743 g/mol. The molecular formula is C55H41N3. The molecule has 0 fully saturated rings. The number of rotatable bonds is 10. The molecule has 1 atom stereocenters. The zero-order chi connectivity index (χ0) is 39.3. The van der Waals surface area contributed by atoms with Crippen LogP contribution < -0.4 is 5.32 Å². The summed E-state index contributed by atoms with van der Waals surface area (Å²) >= 11 is 0. The molecule has 1 heterocycles. The molecule has 1 aliphatic carbocycles. The van der Waals surface area contributed by atoms with E-state index in [1.54, 1.807) is 6.07 Å². The highest BCUT2D eigenvalue weighted by atomic mass is 15.0. The lowest BCUT2D eigenvalue weighted by atomic mass is 9.79. The Labute approximate surface area is 340 Å². The second-order valence-electron chi connectivity index (χ2n) is 14.6. The molecule has 3 heteroatoms. The van der Waals surface area contributed by atoms with Crippen LogP contribution in [0.25, 0.3) is 55.3 Å². The Morgan fingerprint density at radius 2 is 1.34 bits per heavy atom. The highest BCUT2D eigenvalue weighted by molar-refractivity contribution is 6.12. The minimum absolute atomic E-state index is 0.211. The van der Waals surface area contributed by atoms with E-state index in [2.05, 4.69) is 186 Å². The number of hydrogen-bond acceptors (Lipinski definition) is 2. The van der Waals surface area contributed by atoms with E-state index in [0.717, 1.165) is 39.9 Å². The minimum Gasteiger partial charge on any atom is -0.362 e. The number of anilines is 1. The van der Waals surface area contributed by atoms with Gasteiger partial charge in [0.2, 0.25) is 0 Å². The van der Waals surface area contributed by atoms with Crippen molar-refractivity contribution in [2.45, 2.75) is 12.3 Å². The van der Waals surface area contributed by atoms with Crippen LogP contribution in [0.1, 0.15) is 40.2 Å². The Balaban J connectivity index is 1.17. The molecule has 9 rings (SSSR count). The van der Waals surface area contributed by atoms with Crippen molar-refractivity contribution in [3.63, 3.8) is 0 Å². The summed E-state index contributed by atoms with van der Waals surface area (Å²) in [6, 6.07) is 66.0. The molecule has 1 N–H and O–H groups in total. The molecule has 58 heavy (non-hydrogen) atoms. The number of nitrogens with one attached hydrogen (secondary N) is 1. The largest absolute Gasteiger partial charge is 0.362 e. The average molecular weight is 744 g/mol. The number of aromatic nitrogens is 1. The van der Waals surface area contributed by atoms with Crippen LogP contribution >= 0.6 is 0 Å². The Kier molecular flexibility index (Phi) is 10.1. The van der Waals surface area contributed by atoms with E-state index in [-0.39, 0.29) is 5.92 Å². The van der Waals surface area contributed by atoms with Crippen LogP contribution in [0, 0.1) is 11.3 Å². The standard InChI is InChI=1S/C55H41N3/c1-39(41-17-5-2-6-18-41)34-45(32-33-57-46-23-15-16-40(35-46)38-56)44-28-31-55-53(36-44)51-26-13-14-27-54(51)58(55)47-29-30-49(43-21-9-4-10-22-43)52(37-47)50-25-12-11-24-48(50)42-19-7-3-8-20-42/h2-29,31-37,49,57H,1,30H2/b33-32-,45-34+. The van der Waals surface area contributed by atoms with Crippen molar-refractivity contribution < 1.29 is 0 Å². The van der Waals surface area contributed by atoms with Gasteiger partial charge in [-0.15, -0.1) is 0 Å². The van der Waals surface area contributed by atoms with E-state index in [1.165, 1.54) is 49.8 Å². The fourth-order valence-electron chi connectivity index (χ4n) is 8.20. The van der Waals surface area contributed by atoms with Gasteiger partial charge in [-0.05, 0) is 111 Å². The Morgan fingerprint density at radius 3 is 2.14 bits per heavy atom. The van der Waals surface area contributed by atoms with Gasteiger partial charge in [-0.2, -0.15) is 5.26 Å². The van der Waals surface area contributed by atoms with E-state index < -0.39 is 0 Å². The number of para-hydroxylation sites is 1. The van der Waals surface area contributed by atoms with E-state index in [4.69, 9.17) is 0 Å². The molecule has 276 valence electrons. The van der Waals surface area contributed by atoms with Crippen molar-refractivity contribution in [2.75, 3.05) is 5.32 Å². The van der Waals surface area contributed by atoms with Crippen LogP contribution in [0.3, 0.4) is 0 Å². The third-order valence-corrected chi connectivity index (χ3v) is 11.0. The fraction of sp³-hybridized carbons (Fsp3) is 0.0364. The summed E-state index contributed by atoms with van der Waals surface area (Å²) in [5, 5.41) is 15.2. The summed E-state index contributed by atoms with van der Waals surface area (Å²) in [5.41, 5.74) is 15.4. The third-order valence-electron chi connectivity index (χ3n) is 11.0. The van der Waals surface area contributed by atoms with Crippen molar-refractivity contribution in [2.24, 2.45) is 0 Å². The smallest absolute Gasteiger partial charge is 0.0992 e. The van der Waals surface area contributed by atoms with Gasteiger partial charge in [-0.1, -0.05) is 158 Å². The van der Waals surface area contributed by atoms with Crippen molar-refractivity contribution in [1.82, 2.24) is 4.57 Å². The topological polar surface area (TPSA) is 40.8 Å². The van der Waals surface area contributed by atoms with E-state index >= 15 is 0 Å². The van der Waals surface area contributed by atoms with Crippen molar-refractivity contribution in [1.29, 1.82) is 5.26 Å². The highest BCUT2D eigenvalue weighted by Gasteiger charge is 2.25. The Morgan fingerprint density at radius 1 is 0.655 bits per heavy atom. The molecule has 0 aliphatic heterocycles. The van der Waals surface area contributed by atoms with Crippen LogP contribution in [0.2, 0.25) is 0 Å². The molecule has 7 aromatic carbocycles. The Bertz CT molecular complexity index is 2950. The quantitative estimate of drug-likeness (QED) is 0.142. The molecular weight excluding hydrogens is 703 g/mol. The predicted molar refractivity (Wildman–Crippen MR) is 245 cm³/mol. The fourth-order valence-corrected chi connectivity index (χ4v) is 8.20. The third kappa shape index (κ3) is 7.23. The maximum Gasteiger partial charge on any atom is 0.0992 e. The summed E-state index contributed by atoms with van der Waals surface area (Å²) in [6.07, 6.45) is 11.9. The molecule has 8 aromatic rings. The SMILES string of the molecule is C=C(/C=C(\C=C/Nc1cccc(C#N)c1)c1ccc2c(c1)c1ccccc1n2C1=CCC(c2ccccc2)C(c2ccccc2-c2ccccc2)=C1)c1ccccc1. The summed E-state index contributed by atoms with van der Waals surface area (Å²) in [6.45, 7) is 4.46. The zero-order valence-corrected chi connectivity index (χ0v) is 32.1. The second kappa shape index (κ2) is 16.2. The van der Waals surface area contributed by atoms with Gasteiger partial charge < -0.3 is 9.88 Å². The molecule has 1 unspecified atom stereocenters. The van der Waals surface area contributed by atoms with Gasteiger partial charge in [0, 0.05) is 34.3 Å². The van der Waals surface area contributed by atoms with Crippen LogP contribution in [0.15, 0.2) is 219 Å². The molecule has 1 aromatic heterocycles. The maximum absolute atomic E-state index is 9.43. The number of nitriles is 1. The maximum atomic E-state index is 9.43. The Hall–Kier alpha value is -7.67. The van der Waals surface area contributed by atoms with Gasteiger partial charge in [-0.3, -0.25) is 0 Å². The summed E-state index contributed by atoms with van der Waals surface area (Å²) in [7, 11) is 0. The molecule has 0 radical (unpaired) electrons. The first-order valence-electron chi connectivity index (χ1n) is 19.7. The average Bonchev–Trinajstić information content (AvgIpc) is 3.63. The molecule has 0 saturated carbocycles. The van der Waals surface area contributed by atoms with E-state index in [0.29, 0.717) is 5.56 Å². The summed E-state index contributed by atoms with van der Waals surface area (Å²) < 4.78 is 2.44. The predicted octanol–water partition coefficient (Wildman–Crippen LogP) is 14.2. The molecule has 0 saturated heterocycles. The molecule has 0 bridgehead atoms. The highest BCUT2D eigenvalue weighted by Crippen LogP contribution is 2.45. The molecule has 3 nitrogen and oxygen atoms in total. The number of fused-ring (bicyclic) bond motifs is 3. The van der Waals surface area contributed by atoms with Crippen molar-refractivity contribution in [3.8, 4) is 17.2 Å². The number of hydrogen-bond donors (Lipinski definition) is 1. The first-order valence-corrected chi connectivity index (χ1v) is 19.7. The summed E-state index contributed by atoms with van der Waals surface area (Å²) in [5.74, 6) is 0.211. The van der Waals surface area contributed by atoms with E-state index in [9.17, 15) is 5.26 Å². The lowest BCUT2D eigenvalue weighted by Crippen LogP contribution is -2.09. The lowest BCUT2D eigenvalue weighted by Gasteiger charge is -2.27. The van der Waals surface area contributed by atoms with Crippen LogP contribution in [-0.2, 0) is 0 Å². The van der Waals surface area contributed by atoms with Gasteiger partial charge in [0.05, 0.1) is 22.7 Å². The first-order chi connectivity index (χ1) is 28.6. The normalized spacial score (nSPS) is 14.3. The number of nitrogens with zero attached hydrogens (tertiary/aromatic N) is 2. The van der Waals surface area contributed by atoms with Gasteiger partial charge in [-0.25, -0.2) is 0 Å². The zero-order valence-electron chi connectivity index (χ0n) is 32.1. The van der Waals surface area contributed by atoms with Gasteiger partial charge in [0.1, 0.15) is 0 Å². The van der Waals surface area contributed by atoms with Crippen molar-refractivity contribution in [3.05, 3.63) is 247 Å². The van der Waals surface area contributed by atoms with Gasteiger partial charge in [0.15, 0.2) is 0 Å². The second-order valence-corrected chi connectivity index (χ2v) is 14.6. The van der Waals surface area contributed by atoms with Gasteiger partial charge in [0.25, 0.3) is 0 Å². The molecule has 0 spiro atoms. The van der Waals surface area contributed by atoms with Crippen LogP contribution in [0.5, 0.6) is 0 Å². The van der Waals surface area contributed by atoms with Gasteiger partial charge >= 0.3 is 0 Å².